The number of hydrogen-bond acceptors (Lipinski definition) is 4. The minimum atomic E-state index is -5.38. The van der Waals surface area contributed by atoms with Crippen molar-refractivity contribution in [2.75, 3.05) is 19.0 Å². The Morgan fingerprint density at radius 2 is 1.90 bits per heavy atom. The summed E-state index contributed by atoms with van der Waals surface area (Å²) in [6.07, 6.45) is 0.578. The van der Waals surface area contributed by atoms with Crippen LogP contribution in [0.1, 0.15) is 13.3 Å². The summed E-state index contributed by atoms with van der Waals surface area (Å²) >= 11 is 0. The molecule has 114 valence electrons. The molecule has 0 aliphatic rings. The van der Waals surface area contributed by atoms with Crippen LogP contribution in [0.15, 0.2) is 29.2 Å². The fraction of sp³-hybridized carbons (Fsp3) is 0.500. The molecule has 4 nitrogen and oxygen atoms in total. The number of ether oxygens (including phenoxy) is 1. The molecule has 0 radical (unpaired) electrons. The molecule has 1 N–H and O–H groups in total. The largest absolute Gasteiger partial charge is 0.501 e. The summed E-state index contributed by atoms with van der Waals surface area (Å²) in [6, 6.07) is 4.68. The number of rotatable bonds is 6. The highest BCUT2D eigenvalue weighted by molar-refractivity contribution is 7.92. The summed E-state index contributed by atoms with van der Waals surface area (Å²) < 4.78 is 65.8. The van der Waals surface area contributed by atoms with E-state index in [1.54, 1.807) is 0 Å². The molecule has 0 fully saturated rings. The van der Waals surface area contributed by atoms with Crippen molar-refractivity contribution in [2.24, 2.45) is 0 Å². The smallest absolute Gasteiger partial charge is 0.383 e. The summed E-state index contributed by atoms with van der Waals surface area (Å²) in [5, 5.41) is 2.77. The quantitative estimate of drug-likeness (QED) is 0.878. The van der Waals surface area contributed by atoms with E-state index >= 15 is 0 Å². The van der Waals surface area contributed by atoms with E-state index in [1.165, 1.54) is 25.3 Å². The van der Waals surface area contributed by atoms with E-state index in [2.05, 4.69) is 5.32 Å². The lowest BCUT2D eigenvalue weighted by atomic mass is 10.2. The van der Waals surface area contributed by atoms with Crippen molar-refractivity contribution in [2.45, 2.75) is 29.8 Å². The maximum absolute atomic E-state index is 12.6. The van der Waals surface area contributed by atoms with Crippen LogP contribution in [0.4, 0.5) is 18.9 Å². The highest BCUT2D eigenvalue weighted by Gasteiger charge is 2.47. The van der Waals surface area contributed by atoms with Crippen molar-refractivity contribution in [1.29, 1.82) is 0 Å². The minimum absolute atomic E-state index is 0.0753. The Morgan fingerprint density at radius 3 is 2.40 bits per heavy atom. The van der Waals surface area contributed by atoms with Crippen LogP contribution in [0.5, 0.6) is 0 Å². The SMILES string of the molecule is CCC(COC)Nc1ccccc1S(=O)(=O)C(F)(F)F. The van der Waals surface area contributed by atoms with Crippen LogP contribution in [0, 0.1) is 0 Å². The third kappa shape index (κ3) is 3.63. The normalized spacial score (nSPS) is 14.1. The van der Waals surface area contributed by atoms with Crippen molar-refractivity contribution in [3.05, 3.63) is 24.3 Å². The zero-order valence-electron chi connectivity index (χ0n) is 11.1. The van der Waals surface area contributed by atoms with Crippen LogP contribution in [0.3, 0.4) is 0 Å². The number of para-hydroxylation sites is 1. The summed E-state index contributed by atoms with van der Waals surface area (Å²) in [5.74, 6) is 0. The number of hydrogen-bond donors (Lipinski definition) is 1. The van der Waals surface area contributed by atoms with Crippen LogP contribution in [0.2, 0.25) is 0 Å². The van der Waals surface area contributed by atoms with E-state index in [4.69, 9.17) is 4.74 Å². The monoisotopic (exact) mass is 311 g/mol. The van der Waals surface area contributed by atoms with Crippen molar-refractivity contribution in [3.63, 3.8) is 0 Å². The highest BCUT2D eigenvalue weighted by Crippen LogP contribution is 2.34. The molecule has 0 saturated carbocycles. The number of methoxy groups -OCH3 is 1. The zero-order chi connectivity index (χ0) is 15.4. The average molecular weight is 311 g/mol. The lowest BCUT2D eigenvalue weighted by Crippen LogP contribution is -2.28. The number of halogens is 3. The molecule has 1 unspecified atom stereocenters. The molecular formula is C12H16F3NO3S. The Bertz CT molecular complexity index is 543. The number of anilines is 1. The van der Waals surface area contributed by atoms with E-state index in [0.29, 0.717) is 6.42 Å². The van der Waals surface area contributed by atoms with Crippen molar-refractivity contribution >= 4 is 15.5 Å². The van der Waals surface area contributed by atoms with Gasteiger partial charge < -0.3 is 10.1 Å². The summed E-state index contributed by atoms with van der Waals surface area (Å²) in [6.45, 7) is 2.08. The second kappa shape index (κ2) is 6.45. The first-order chi connectivity index (χ1) is 9.24. The van der Waals surface area contributed by atoms with Crippen LogP contribution in [-0.4, -0.2) is 33.7 Å². The van der Waals surface area contributed by atoms with Gasteiger partial charge >= 0.3 is 5.51 Å². The predicted octanol–water partition coefficient (Wildman–Crippen LogP) is 2.82. The first-order valence-corrected chi connectivity index (χ1v) is 7.38. The van der Waals surface area contributed by atoms with E-state index < -0.39 is 20.2 Å². The van der Waals surface area contributed by atoms with Crippen molar-refractivity contribution in [3.8, 4) is 0 Å². The summed E-state index contributed by atoms with van der Waals surface area (Å²) in [5.41, 5.74) is -5.40. The molecule has 0 heterocycles. The van der Waals surface area contributed by atoms with Gasteiger partial charge in [0.25, 0.3) is 9.84 Å². The zero-order valence-corrected chi connectivity index (χ0v) is 11.9. The Hall–Kier alpha value is -1.28. The summed E-state index contributed by atoms with van der Waals surface area (Å²) in [4.78, 5) is -0.776. The van der Waals surface area contributed by atoms with E-state index in [9.17, 15) is 21.6 Å². The van der Waals surface area contributed by atoms with Crippen LogP contribution in [-0.2, 0) is 14.6 Å². The number of benzene rings is 1. The van der Waals surface area contributed by atoms with E-state index in [-0.39, 0.29) is 18.3 Å². The van der Waals surface area contributed by atoms with Gasteiger partial charge in [0, 0.05) is 13.2 Å². The minimum Gasteiger partial charge on any atom is -0.383 e. The second-order valence-electron chi connectivity index (χ2n) is 4.15. The molecule has 20 heavy (non-hydrogen) atoms. The summed E-state index contributed by atoms with van der Waals surface area (Å²) in [7, 11) is -3.92. The molecule has 1 aromatic rings. The third-order valence-electron chi connectivity index (χ3n) is 2.70. The molecular weight excluding hydrogens is 295 g/mol. The molecule has 0 aliphatic carbocycles. The Kier molecular flexibility index (Phi) is 5.41. The fourth-order valence-corrected chi connectivity index (χ4v) is 2.55. The Balaban J connectivity index is 3.18. The van der Waals surface area contributed by atoms with E-state index in [1.807, 2.05) is 6.92 Å². The van der Waals surface area contributed by atoms with Gasteiger partial charge in [-0.3, -0.25) is 0 Å². The lowest BCUT2D eigenvalue weighted by Gasteiger charge is -2.20. The standard InChI is InChI=1S/C12H16F3NO3S/c1-3-9(8-19-2)16-10-6-4-5-7-11(10)20(17,18)12(13,14)15/h4-7,9,16H,3,8H2,1-2H3. The van der Waals surface area contributed by atoms with Crippen molar-refractivity contribution in [1.82, 2.24) is 0 Å². The van der Waals surface area contributed by atoms with Gasteiger partial charge in [0.2, 0.25) is 0 Å². The lowest BCUT2D eigenvalue weighted by molar-refractivity contribution is -0.0435. The van der Waals surface area contributed by atoms with Crippen molar-refractivity contribution < 1.29 is 26.3 Å². The van der Waals surface area contributed by atoms with E-state index in [0.717, 1.165) is 6.07 Å². The Morgan fingerprint density at radius 1 is 1.30 bits per heavy atom. The highest BCUT2D eigenvalue weighted by atomic mass is 32.2. The first-order valence-electron chi connectivity index (χ1n) is 5.90. The average Bonchev–Trinajstić information content (AvgIpc) is 2.37. The second-order valence-corrected chi connectivity index (χ2v) is 6.06. The molecule has 0 amide bonds. The van der Waals surface area contributed by atoms with Gasteiger partial charge in [0.15, 0.2) is 0 Å². The van der Waals surface area contributed by atoms with Gasteiger partial charge in [-0.25, -0.2) is 8.42 Å². The molecule has 0 spiro atoms. The first kappa shape index (κ1) is 16.8. The topological polar surface area (TPSA) is 55.4 Å². The van der Waals surface area contributed by atoms with Gasteiger partial charge in [0.05, 0.1) is 17.2 Å². The van der Waals surface area contributed by atoms with Gasteiger partial charge in [-0.05, 0) is 18.6 Å². The molecule has 0 aliphatic heterocycles. The molecule has 1 rings (SSSR count). The molecule has 0 bridgehead atoms. The number of alkyl halides is 3. The maximum Gasteiger partial charge on any atom is 0.501 e. The predicted molar refractivity (Wildman–Crippen MR) is 69.3 cm³/mol. The maximum atomic E-state index is 12.6. The van der Waals surface area contributed by atoms with Gasteiger partial charge in [-0.15, -0.1) is 0 Å². The van der Waals surface area contributed by atoms with Crippen LogP contribution in [0.25, 0.3) is 0 Å². The van der Waals surface area contributed by atoms with Crippen LogP contribution < -0.4 is 5.32 Å². The number of nitrogens with one attached hydrogen (secondary N) is 1. The fourth-order valence-electron chi connectivity index (χ4n) is 1.63. The van der Waals surface area contributed by atoms with Crippen LogP contribution >= 0.6 is 0 Å². The third-order valence-corrected chi connectivity index (χ3v) is 4.25. The molecule has 0 aromatic heterocycles. The molecule has 8 heteroatoms. The molecule has 1 aromatic carbocycles. The van der Waals surface area contributed by atoms with Gasteiger partial charge in [-0.1, -0.05) is 19.1 Å². The number of sulfone groups is 1. The van der Waals surface area contributed by atoms with Gasteiger partial charge in [-0.2, -0.15) is 13.2 Å². The Labute approximate surface area is 115 Å². The van der Waals surface area contributed by atoms with Gasteiger partial charge in [0.1, 0.15) is 0 Å². The molecule has 1 atom stereocenters. The molecule has 0 saturated heterocycles.